The zero-order valence-electron chi connectivity index (χ0n) is 13.9. The van der Waals surface area contributed by atoms with E-state index in [1.165, 1.54) is 0 Å². The van der Waals surface area contributed by atoms with Crippen LogP contribution < -0.4 is 4.74 Å². The Hall–Kier alpha value is -2.91. The molecule has 0 saturated carbocycles. The van der Waals surface area contributed by atoms with Crippen molar-refractivity contribution in [3.8, 4) is 5.75 Å². The van der Waals surface area contributed by atoms with Crippen molar-refractivity contribution in [2.45, 2.75) is 6.61 Å². The quantitative estimate of drug-likeness (QED) is 0.450. The average molecular weight is 332 g/mol. The molecule has 0 atom stereocenters. The molecule has 0 unspecified atom stereocenters. The van der Waals surface area contributed by atoms with E-state index in [-0.39, 0.29) is 5.78 Å². The Labute approximate surface area is 147 Å². The molecule has 3 aromatic rings. The van der Waals surface area contributed by atoms with Crippen molar-refractivity contribution in [2.24, 2.45) is 0 Å². The number of ether oxygens (including phenoxy) is 2. The minimum Gasteiger partial charge on any atom is -0.491 e. The minimum absolute atomic E-state index is 0.0124. The molecule has 3 rings (SSSR count). The lowest BCUT2D eigenvalue weighted by molar-refractivity contribution is 0.0889. The highest BCUT2D eigenvalue weighted by Crippen LogP contribution is 2.15. The van der Waals surface area contributed by atoms with Crippen LogP contribution >= 0.6 is 0 Å². The molecule has 126 valence electrons. The van der Waals surface area contributed by atoms with Crippen LogP contribution in [-0.4, -0.2) is 19.0 Å². The molecule has 0 aromatic heterocycles. The van der Waals surface area contributed by atoms with Gasteiger partial charge in [0.15, 0.2) is 5.78 Å². The van der Waals surface area contributed by atoms with E-state index in [0.29, 0.717) is 30.9 Å². The van der Waals surface area contributed by atoms with Crippen LogP contribution in [0.15, 0.2) is 84.9 Å². The molecular formula is C22H20O3. The lowest BCUT2D eigenvalue weighted by Crippen LogP contribution is -2.07. The Balaban J connectivity index is 1.44. The average Bonchev–Trinajstić information content (AvgIpc) is 2.69. The van der Waals surface area contributed by atoms with Crippen LogP contribution in [0, 0.1) is 0 Å². The number of rotatable bonds is 8. The SMILES string of the molecule is O=C(c1ccccc1)c1ccc(OCCOCc2ccccc2)cc1. The monoisotopic (exact) mass is 332 g/mol. The first-order valence-corrected chi connectivity index (χ1v) is 8.27. The van der Waals surface area contributed by atoms with Crippen LogP contribution in [0.4, 0.5) is 0 Å². The first-order chi connectivity index (χ1) is 12.3. The van der Waals surface area contributed by atoms with E-state index in [2.05, 4.69) is 0 Å². The largest absolute Gasteiger partial charge is 0.491 e. The summed E-state index contributed by atoms with van der Waals surface area (Å²) in [6.45, 7) is 1.56. The lowest BCUT2D eigenvalue weighted by atomic mass is 10.0. The zero-order chi connectivity index (χ0) is 17.3. The summed E-state index contributed by atoms with van der Waals surface area (Å²) in [5.74, 6) is 0.742. The molecule has 0 aliphatic heterocycles. The first kappa shape index (κ1) is 16.9. The Morgan fingerprint density at radius 2 is 1.28 bits per heavy atom. The van der Waals surface area contributed by atoms with Crippen LogP contribution in [0.2, 0.25) is 0 Å². The molecule has 0 fully saturated rings. The summed E-state index contributed by atoms with van der Waals surface area (Å²) in [7, 11) is 0. The van der Waals surface area contributed by atoms with Crippen LogP contribution in [0.5, 0.6) is 5.75 Å². The van der Waals surface area contributed by atoms with E-state index >= 15 is 0 Å². The van der Waals surface area contributed by atoms with Gasteiger partial charge in [0.1, 0.15) is 12.4 Å². The molecule has 3 heteroatoms. The number of carbonyl (C=O) groups is 1. The fourth-order valence-corrected chi connectivity index (χ4v) is 2.44. The number of hydrogen-bond donors (Lipinski definition) is 0. The maximum absolute atomic E-state index is 12.3. The number of hydrogen-bond acceptors (Lipinski definition) is 3. The molecule has 0 N–H and O–H groups in total. The predicted molar refractivity (Wildman–Crippen MR) is 97.9 cm³/mol. The van der Waals surface area contributed by atoms with Gasteiger partial charge in [0.05, 0.1) is 13.2 Å². The van der Waals surface area contributed by atoms with E-state index in [9.17, 15) is 4.79 Å². The third-order valence-corrected chi connectivity index (χ3v) is 3.76. The summed E-state index contributed by atoms with van der Waals surface area (Å²) in [5, 5.41) is 0. The van der Waals surface area contributed by atoms with Crippen LogP contribution in [0.1, 0.15) is 21.5 Å². The van der Waals surface area contributed by atoms with Crippen molar-refractivity contribution in [1.82, 2.24) is 0 Å². The normalized spacial score (nSPS) is 10.4. The first-order valence-electron chi connectivity index (χ1n) is 8.27. The molecule has 0 radical (unpaired) electrons. The molecule has 0 saturated heterocycles. The number of benzene rings is 3. The predicted octanol–water partition coefficient (Wildman–Crippen LogP) is 4.51. The Morgan fingerprint density at radius 1 is 0.680 bits per heavy atom. The van der Waals surface area contributed by atoms with Crippen LogP contribution in [0.25, 0.3) is 0 Å². The van der Waals surface area contributed by atoms with Crippen molar-refractivity contribution in [2.75, 3.05) is 13.2 Å². The summed E-state index contributed by atoms with van der Waals surface area (Å²) in [6, 6.07) is 26.5. The molecule has 0 heterocycles. The highest BCUT2D eigenvalue weighted by Gasteiger charge is 2.08. The second-order valence-corrected chi connectivity index (χ2v) is 5.61. The Morgan fingerprint density at radius 3 is 1.96 bits per heavy atom. The summed E-state index contributed by atoms with van der Waals surface area (Å²) in [5.41, 5.74) is 2.48. The highest BCUT2D eigenvalue weighted by atomic mass is 16.5. The van der Waals surface area contributed by atoms with Gasteiger partial charge in [0.2, 0.25) is 0 Å². The molecule has 0 amide bonds. The maximum Gasteiger partial charge on any atom is 0.193 e. The zero-order valence-corrected chi connectivity index (χ0v) is 13.9. The van der Waals surface area contributed by atoms with Crippen molar-refractivity contribution in [3.63, 3.8) is 0 Å². The molecule has 25 heavy (non-hydrogen) atoms. The molecule has 3 aromatic carbocycles. The fourth-order valence-electron chi connectivity index (χ4n) is 2.44. The Bertz CT molecular complexity index is 781. The summed E-state index contributed by atoms with van der Waals surface area (Å²) in [6.07, 6.45) is 0. The van der Waals surface area contributed by atoms with Gasteiger partial charge in [0.25, 0.3) is 0 Å². The van der Waals surface area contributed by atoms with E-state index in [1.54, 1.807) is 12.1 Å². The molecule has 0 aliphatic carbocycles. The number of carbonyl (C=O) groups excluding carboxylic acids is 1. The van der Waals surface area contributed by atoms with Crippen LogP contribution in [-0.2, 0) is 11.3 Å². The second-order valence-electron chi connectivity index (χ2n) is 5.61. The van der Waals surface area contributed by atoms with Crippen molar-refractivity contribution >= 4 is 5.78 Å². The maximum atomic E-state index is 12.3. The van der Waals surface area contributed by atoms with Gasteiger partial charge in [-0.2, -0.15) is 0 Å². The van der Waals surface area contributed by atoms with Gasteiger partial charge in [-0.3, -0.25) is 4.79 Å². The summed E-state index contributed by atoms with van der Waals surface area (Å²) in [4.78, 5) is 12.3. The molecule has 0 aliphatic rings. The minimum atomic E-state index is 0.0124. The second kappa shape index (κ2) is 8.81. The van der Waals surface area contributed by atoms with E-state index in [1.807, 2.05) is 72.8 Å². The summed E-state index contributed by atoms with van der Waals surface area (Å²) < 4.78 is 11.2. The fraction of sp³-hybridized carbons (Fsp3) is 0.136. The van der Waals surface area contributed by atoms with Crippen LogP contribution in [0.3, 0.4) is 0 Å². The van der Waals surface area contributed by atoms with E-state index in [0.717, 1.165) is 11.3 Å². The Kier molecular flexibility index (Phi) is 5.96. The van der Waals surface area contributed by atoms with Gasteiger partial charge in [-0.1, -0.05) is 60.7 Å². The van der Waals surface area contributed by atoms with Gasteiger partial charge in [-0.15, -0.1) is 0 Å². The molecular weight excluding hydrogens is 312 g/mol. The smallest absolute Gasteiger partial charge is 0.193 e. The van der Waals surface area contributed by atoms with Gasteiger partial charge < -0.3 is 9.47 Å². The lowest BCUT2D eigenvalue weighted by Gasteiger charge is -2.08. The molecule has 3 nitrogen and oxygen atoms in total. The standard InChI is InChI=1S/C22H20O3/c23-22(19-9-5-2-6-10-19)20-11-13-21(14-12-20)25-16-15-24-17-18-7-3-1-4-8-18/h1-14H,15-17H2. The molecule has 0 spiro atoms. The van der Waals surface area contributed by atoms with E-state index < -0.39 is 0 Å². The third-order valence-electron chi connectivity index (χ3n) is 3.76. The van der Waals surface area contributed by atoms with E-state index in [4.69, 9.17) is 9.47 Å². The van der Waals surface area contributed by atoms with Gasteiger partial charge >= 0.3 is 0 Å². The molecule has 0 bridgehead atoms. The summed E-state index contributed by atoms with van der Waals surface area (Å²) >= 11 is 0. The number of ketones is 1. The van der Waals surface area contributed by atoms with Crippen molar-refractivity contribution in [3.05, 3.63) is 102 Å². The van der Waals surface area contributed by atoms with Crippen molar-refractivity contribution in [1.29, 1.82) is 0 Å². The van der Waals surface area contributed by atoms with Gasteiger partial charge in [-0.25, -0.2) is 0 Å². The van der Waals surface area contributed by atoms with Gasteiger partial charge in [-0.05, 0) is 29.8 Å². The third kappa shape index (κ3) is 5.03. The highest BCUT2D eigenvalue weighted by molar-refractivity contribution is 6.08. The van der Waals surface area contributed by atoms with Crippen molar-refractivity contribution < 1.29 is 14.3 Å². The topological polar surface area (TPSA) is 35.5 Å². The van der Waals surface area contributed by atoms with Gasteiger partial charge in [0, 0.05) is 11.1 Å².